The van der Waals surface area contributed by atoms with Crippen molar-refractivity contribution >= 4 is 27.5 Å². The second kappa shape index (κ2) is 8.58. The van der Waals surface area contributed by atoms with Gasteiger partial charge in [0.2, 0.25) is 0 Å². The summed E-state index contributed by atoms with van der Waals surface area (Å²) >= 11 is 0. The van der Waals surface area contributed by atoms with E-state index in [2.05, 4.69) is 14.7 Å². The van der Waals surface area contributed by atoms with E-state index >= 15 is 0 Å². The van der Waals surface area contributed by atoms with Gasteiger partial charge in [0.25, 0.3) is 15.9 Å². The third-order valence-corrected chi connectivity index (χ3v) is 6.87. The SMILES string of the molecule is Cc1cc(C(=O)Nc2ccc(S(=O)(=O)/N=C3/CCCN3C)cc2)c(C)n1-c1cccnc1. The van der Waals surface area contributed by atoms with Gasteiger partial charge in [0.15, 0.2) is 0 Å². The Morgan fingerprint density at radius 3 is 2.53 bits per heavy atom. The Morgan fingerprint density at radius 2 is 1.91 bits per heavy atom. The molecule has 3 aromatic rings. The van der Waals surface area contributed by atoms with E-state index in [0.717, 1.165) is 30.0 Å². The van der Waals surface area contributed by atoms with Crippen molar-refractivity contribution in [3.05, 3.63) is 71.8 Å². The van der Waals surface area contributed by atoms with Crippen LogP contribution >= 0.6 is 0 Å². The lowest BCUT2D eigenvalue weighted by Gasteiger charge is -2.11. The average molecular weight is 452 g/mol. The normalized spacial score (nSPS) is 15.3. The summed E-state index contributed by atoms with van der Waals surface area (Å²) in [5.41, 5.74) is 3.64. The topological polar surface area (TPSA) is 96.7 Å². The van der Waals surface area contributed by atoms with Gasteiger partial charge in [-0.2, -0.15) is 8.42 Å². The standard InChI is InChI=1S/C23H25N5O3S/c1-16-14-21(17(2)28(16)19-6-4-12-24-15-19)23(29)25-18-8-10-20(11-9-18)32(30,31)26-22-7-5-13-27(22)3/h4,6,8-12,14-15H,5,7,13H2,1-3H3,(H,25,29)/b26-22-. The number of nitrogens with zero attached hydrogens (tertiary/aromatic N) is 4. The van der Waals surface area contributed by atoms with Crippen molar-refractivity contribution in [1.29, 1.82) is 0 Å². The lowest BCUT2D eigenvalue weighted by atomic mass is 10.2. The summed E-state index contributed by atoms with van der Waals surface area (Å²) in [5, 5.41) is 2.84. The maximum Gasteiger partial charge on any atom is 0.283 e. The van der Waals surface area contributed by atoms with Gasteiger partial charge in [-0.15, -0.1) is 4.40 Å². The number of aryl methyl sites for hydroxylation is 1. The molecule has 32 heavy (non-hydrogen) atoms. The maximum atomic E-state index is 12.9. The molecule has 0 aliphatic carbocycles. The molecule has 0 atom stereocenters. The number of benzene rings is 1. The highest BCUT2D eigenvalue weighted by Crippen LogP contribution is 2.23. The summed E-state index contributed by atoms with van der Waals surface area (Å²) < 4.78 is 31.1. The van der Waals surface area contributed by atoms with Crippen LogP contribution in [0.3, 0.4) is 0 Å². The van der Waals surface area contributed by atoms with E-state index in [0.29, 0.717) is 23.5 Å². The molecule has 2 aromatic heterocycles. The lowest BCUT2D eigenvalue weighted by molar-refractivity contribution is 0.102. The first-order chi connectivity index (χ1) is 15.3. The predicted octanol–water partition coefficient (Wildman–Crippen LogP) is 3.55. The fourth-order valence-electron chi connectivity index (χ4n) is 3.89. The zero-order chi connectivity index (χ0) is 22.9. The molecule has 0 radical (unpaired) electrons. The van der Waals surface area contributed by atoms with Crippen LogP contribution in [0.15, 0.2) is 64.2 Å². The number of anilines is 1. The molecule has 166 valence electrons. The fraction of sp³-hybridized carbons (Fsp3) is 0.261. The molecule has 3 heterocycles. The summed E-state index contributed by atoms with van der Waals surface area (Å²) in [6, 6.07) is 11.7. The highest BCUT2D eigenvalue weighted by atomic mass is 32.2. The minimum atomic E-state index is -3.79. The molecule has 1 aromatic carbocycles. The Hall–Kier alpha value is -3.46. The van der Waals surface area contributed by atoms with E-state index < -0.39 is 10.0 Å². The molecule has 1 amide bonds. The molecular weight excluding hydrogens is 426 g/mol. The van der Waals surface area contributed by atoms with Crippen LogP contribution in [0.5, 0.6) is 0 Å². The largest absolute Gasteiger partial charge is 0.362 e. The van der Waals surface area contributed by atoms with Crippen LogP contribution in [0, 0.1) is 13.8 Å². The van der Waals surface area contributed by atoms with E-state index in [4.69, 9.17) is 0 Å². The molecule has 1 saturated heterocycles. The number of rotatable bonds is 5. The van der Waals surface area contributed by atoms with Crippen LogP contribution in [-0.2, 0) is 10.0 Å². The van der Waals surface area contributed by atoms with Crippen LogP contribution in [-0.4, -0.2) is 48.2 Å². The number of likely N-dealkylation sites (tertiary alicyclic amines) is 1. The number of carbonyl (C=O) groups excluding carboxylic acids is 1. The Kier molecular flexibility index (Phi) is 5.84. The van der Waals surface area contributed by atoms with Gasteiger partial charge in [-0.3, -0.25) is 9.78 Å². The van der Waals surface area contributed by atoms with E-state index in [1.54, 1.807) is 24.5 Å². The summed E-state index contributed by atoms with van der Waals surface area (Å²) in [7, 11) is -1.95. The van der Waals surface area contributed by atoms with Gasteiger partial charge in [0.05, 0.1) is 22.3 Å². The predicted molar refractivity (Wildman–Crippen MR) is 124 cm³/mol. The van der Waals surface area contributed by atoms with Crippen LogP contribution in [0.2, 0.25) is 0 Å². The van der Waals surface area contributed by atoms with Crippen LogP contribution in [0.4, 0.5) is 5.69 Å². The van der Waals surface area contributed by atoms with Gasteiger partial charge in [-0.05, 0) is 62.7 Å². The quantitative estimate of drug-likeness (QED) is 0.640. The van der Waals surface area contributed by atoms with Crippen molar-refractivity contribution < 1.29 is 13.2 Å². The van der Waals surface area contributed by atoms with Crippen molar-refractivity contribution in [2.24, 2.45) is 4.40 Å². The fourth-order valence-corrected chi connectivity index (χ4v) is 4.98. The number of carbonyl (C=O) groups is 1. The number of sulfonamides is 1. The van der Waals surface area contributed by atoms with Crippen LogP contribution in [0.25, 0.3) is 5.69 Å². The molecule has 0 unspecified atom stereocenters. The first-order valence-corrected chi connectivity index (χ1v) is 11.8. The van der Waals surface area contributed by atoms with Crippen molar-refractivity contribution in [2.45, 2.75) is 31.6 Å². The van der Waals surface area contributed by atoms with Crippen LogP contribution in [0.1, 0.15) is 34.6 Å². The van der Waals surface area contributed by atoms with Gasteiger partial charge in [0.1, 0.15) is 5.84 Å². The Morgan fingerprint density at radius 1 is 1.16 bits per heavy atom. The first kappa shape index (κ1) is 21.8. The van der Waals surface area contributed by atoms with Gasteiger partial charge < -0.3 is 14.8 Å². The molecule has 1 aliphatic heterocycles. The van der Waals surface area contributed by atoms with Crippen molar-refractivity contribution in [2.75, 3.05) is 18.9 Å². The molecule has 4 rings (SSSR count). The Balaban J connectivity index is 1.53. The molecule has 8 nitrogen and oxygen atoms in total. The van der Waals surface area contributed by atoms with Gasteiger partial charge in [-0.25, -0.2) is 0 Å². The van der Waals surface area contributed by atoms with Gasteiger partial charge in [-0.1, -0.05) is 0 Å². The molecule has 0 saturated carbocycles. The molecule has 9 heteroatoms. The van der Waals surface area contributed by atoms with Crippen molar-refractivity contribution in [3.63, 3.8) is 0 Å². The number of hydrogen-bond donors (Lipinski definition) is 1. The minimum Gasteiger partial charge on any atom is -0.362 e. The summed E-state index contributed by atoms with van der Waals surface area (Å²) in [6.45, 7) is 4.62. The molecule has 0 spiro atoms. The van der Waals surface area contributed by atoms with Crippen molar-refractivity contribution in [1.82, 2.24) is 14.5 Å². The van der Waals surface area contributed by atoms with Gasteiger partial charge in [0, 0.05) is 43.3 Å². The number of aromatic nitrogens is 2. The average Bonchev–Trinajstić information content (AvgIpc) is 3.30. The maximum absolute atomic E-state index is 12.9. The van der Waals surface area contributed by atoms with E-state index in [-0.39, 0.29) is 10.8 Å². The third-order valence-electron chi connectivity index (χ3n) is 5.55. The second-order valence-electron chi connectivity index (χ2n) is 7.82. The van der Waals surface area contributed by atoms with E-state index in [1.807, 2.05) is 48.6 Å². The van der Waals surface area contributed by atoms with Crippen molar-refractivity contribution in [3.8, 4) is 5.69 Å². The second-order valence-corrected chi connectivity index (χ2v) is 9.42. The highest BCUT2D eigenvalue weighted by molar-refractivity contribution is 7.90. The zero-order valence-corrected chi connectivity index (χ0v) is 19.1. The molecule has 0 bridgehead atoms. The summed E-state index contributed by atoms with van der Waals surface area (Å²) in [5.74, 6) is 0.308. The molecule has 1 N–H and O–H groups in total. The highest BCUT2D eigenvalue weighted by Gasteiger charge is 2.21. The molecular formula is C23H25N5O3S. The number of hydrogen-bond acceptors (Lipinski definition) is 4. The molecule has 1 fully saturated rings. The number of amidine groups is 1. The lowest BCUT2D eigenvalue weighted by Crippen LogP contribution is -2.20. The number of amides is 1. The first-order valence-electron chi connectivity index (χ1n) is 10.3. The molecule has 1 aliphatic rings. The summed E-state index contributed by atoms with van der Waals surface area (Å²) in [6.07, 6.45) is 5.00. The minimum absolute atomic E-state index is 0.0954. The Labute approximate surface area is 187 Å². The van der Waals surface area contributed by atoms with E-state index in [9.17, 15) is 13.2 Å². The number of pyridine rings is 1. The summed E-state index contributed by atoms with van der Waals surface area (Å²) in [4.78, 5) is 19.0. The smallest absolute Gasteiger partial charge is 0.283 e. The third kappa shape index (κ3) is 4.29. The van der Waals surface area contributed by atoms with E-state index in [1.165, 1.54) is 12.1 Å². The number of nitrogens with one attached hydrogen (secondary N) is 1. The van der Waals surface area contributed by atoms with Crippen LogP contribution < -0.4 is 5.32 Å². The Bertz CT molecular complexity index is 1280. The monoisotopic (exact) mass is 451 g/mol. The van der Waals surface area contributed by atoms with Gasteiger partial charge >= 0.3 is 0 Å². The zero-order valence-electron chi connectivity index (χ0n) is 18.2.